The Bertz CT molecular complexity index is 309. The third kappa shape index (κ3) is 3.70. The first-order valence-corrected chi connectivity index (χ1v) is 6.59. The zero-order valence-corrected chi connectivity index (χ0v) is 11.5. The highest BCUT2D eigenvalue weighted by atomic mass is 16.4. The van der Waals surface area contributed by atoms with Gasteiger partial charge < -0.3 is 15.3 Å². The predicted octanol–water partition coefficient (Wildman–Crippen LogP) is 1.23. The number of amides is 1. The van der Waals surface area contributed by atoms with E-state index < -0.39 is 11.5 Å². The van der Waals surface area contributed by atoms with Crippen LogP contribution in [-0.2, 0) is 9.59 Å². The van der Waals surface area contributed by atoms with Crippen molar-refractivity contribution >= 4 is 11.9 Å². The summed E-state index contributed by atoms with van der Waals surface area (Å²) in [6, 6.07) is 0.407. The Hall–Kier alpha value is -1.10. The molecule has 0 bridgehead atoms. The summed E-state index contributed by atoms with van der Waals surface area (Å²) in [5.74, 6) is -1.08. The standard InChI is InChI=1S/C13H24N2O3/c1-13(2,12(17)18)15(3)11(16)8-7-10-6-4-5-9-14-10/h10,14H,4-9H2,1-3H3,(H,17,18). The highest BCUT2D eigenvalue weighted by molar-refractivity contribution is 5.86. The maximum Gasteiger partial charge on any atom is 0.329 e. The molecule has 0 aliphatic carbocycles. The summed E-state index contributed by atoms with van der Waals surface area (Å²) in [7, 11) is 1.56. The Kier molecular flexibility index (Phi) is 5.14. The van der Waals surface area contributed by atoms with Crippen molar-refractivity contribution in [2.75, 3.05) is 13.6 Å². The van der Waals surface area contributed by atoms with Crippen molar-refractivity contribution in [1.82, 2.24) is 10.2 Å². The predicted molar refractivity (Wildman–Crippen MR) is 69.4 cm³/mol. The number of carbonyl (C=O) groups is 2. The molecule has 1 rings (SSSR count). The number of aliphatic carboxylic acids is 1. The molecule has 0 aromatic heterocycles. The minimum Gasteiger partial charge on any atom is -0.480 e. The van der Waals surface area contributed by atoms with E-state index in [1.54, 1.807) is 20.9 Å². The number of rotatable bonds is 5. The van der Waals surface area contributed by atoms with E-state index in [1.807, 2.05) is 0 Å². The Morgan fingerprint density at radius 3 is 2.56 bits per heavy atom. The number of hydrogen-bond acceptors (Lipinski definition) is 3. The number of likely N-dealkylation sites (N-methyl/N-ethyl adjacent to an activating group) is 1. The first kappa shape index (κ1) is 15.0. The molecule has 2 N–H and O–H groups in total. The molecule has 0 radical (unpaired) electrons. The van der Waals surface area contributed by atoms with Gasteiger partial charge in [0.1, 0.15) is 5.54 Å². The van der Waals surface area contributed by atoms with E-state index in [0.29, 0.717) is 12.5 Å². The van der Waals surface area contributed by atoms with Crippen LogP contribution in [-0.4, -0.2) is 47.1 Å². The van der Waals surface area contributed by atoms with Gasteiger partial charge in [0.15, 0.2) is 0 Å². The van der Waals surface area contributed by atoms with Crippen LogP contribution >= 0.6 is 0 Å². The molecule has 0 aromatic rings. The molecule has 1 amide bonds. The second kappa shape index (κ2) is 6.18. The van der Waals surface area contributed by atoms with Gasteiger partial charge in [0.2, 0.25) is 5.91 Å². The Morgan fingerprint density at radius 1 is 1.39 bits per heavy atom. The number of hydrogen-bond donors (Lipinski definition) is 2. The number of nitrogens with one attached hydrogen (secondary N) is 1. The number of carbonyl (C=O) groups excluding carboxylic acids is 1. The molecule has 5 nitrogen and oxygen atoms in total. The fourth-order valence-corrected chi connectivity index (χ4v) is 2.09. The molecule has 1 fully saturated rings. The van der Waals surface area contributed by atoms with Crippen molar-refractivity contribution in [1.29, 1.82) is 0 Å². The first-order chi connectivity index (χ1) is 8.35. The molecule has 1 atom stereocenters. The zero-order valence-electron chi connectivity index (χ0n) is 11.5. The minimum absolute atomic E-state index is 0.102. The summed E-state index contributed by atoms with van der Waals surface area (Å²) >= 11 is 0. The minimum atomic E-state index is -1.14. The monoisotopic (exact) mass is 256 g/mol. The van der Waals surface area contributed by atoms with E-state index in [2.05, 4.69) is 5.32 Å². The van der Waals surface area contributed by atoms with Crippen molar-refractivity contribution in [2.24, 2.45) is 0 Å². The molecule has 18 heavy (non-hydrogen) atoms. The van der Waals surface area contributed by atoms with Crippen LogP contribution in [0.1, 0.15) is 46.0 Å². The molecule has 5 heteroatoms. The van der Waals surface area contributed by atoms with E-state index in [9.17, 15) is 9.59 Å². The summed E-state index contributed by atoms with van der Waals surface area (Å²) in [6.07, 6.45) is 4.72. The molecule has 1 heterocycles. The van der Waals surface area contributed by atoms with Gasteiger partial charge in [0.25, 0.3) is 0 Å². The number of carboxylic acids is 1. The van der Waals surface area contributed by atoms with E-state index in [-0.39, 0.29) is 5.91 Å². The first-order valence-electron chi connectivity index (χ1n) is 6.59. The summed E-state index contributed by atoms with van der Waals surface area (Å²) in [5, 5.41) is 12.5. The number of carboxylic acid groups (broad SMARTS) is 1. The maximum absolute atomic E-state index is 12.0. The topological polar surface area (TPSA) is 69.6 Å². The van der Waals surface area contributed by atoms with Crippen LogP contribution in [0, 0.1) is 0 Å². The van der Waals surface area contributed by atoms with Gasteiger partial charge in [-0.15, -0.1) is 0 Å². The number of nitrogens with zero attached hydrogens (tertiary/aromatic N) is 1. The van der Waals surface area contributed by atoms with Crippen LogP contribution in [0.2, 0.25) is 0 Å². The Balaban J connectivity index is 2.42. The molecule has 1 aliphatic rings. The van der Waals surface area contributed by atoms with Crippen molar-refractivity contribution in [2.45, 2.75) is 57.5 Å². The third-order valence-electron chi connectivity index (χ3n) is 3.86. The van der Waals surface area contributed by atoms with Gasteiger partial charge in [0, 0.05) is 19.5 Å². The molecular formula is C13H24N2O3. The fourth-order valence-electron chi connectivity index (χ4n) is 2.09. The van der Waals surface area contributed by atoms with E-state index in [4.69, 9.17) is 5.11 Å². The lowest BCUT2D eigenvalue weighted by Gasteiger charge is -2.32. The average Bonchev–Trinajstić information content (AvgIpc) is 2.36. The van der Waals surface area contributed by atoms with Crippen LogP contribution in [0.5, 0.6) is 0 Å². The summed E-state index contributed by atoms with van der Waals surface area (Å²) in [5.41, 5.74) is -1.14. The fraction of sp³-hybridized carbons (Fsp3) is 0.846. The lowest BCUT2D eigenvalue weighted by Crippen LogP contribution is -2.51. The highest BCUT2D eigenvalue weighted by Crippen LogP contribution is 2.17. The van der Waals surface area contributed by atoms with Gasteiger partial charge in [0.05, 0.1) is 0 Å². The second-order valence-corrected chi connectivity index (χ2v) is 5.50. The molecule has 1 unspecified atom stereocenters. The van der Waals surface area contributed by atoms with Crippen molar-refractivity contribution < 1.29 is 14.7 Å². The van der Waals surface area contributed by atoms with Gasteiger partial charge in [-0.25, -0.2) is 4.79 Å². The van der Waals surface area contributed by atoms with E-state index in [1.165, 1.54) is 17.7 Å². The summed E-state index contributed by atoms with van der Waals surface area (Å²) < 4.78 is 0. The third-order valence-corrected chi connectivity index (χ3v) is 3.86. The molecule has 1 aliphatic heterocycles. The van der Waals surface area contributed by atoms with Crippen LogP contribution in [0.15, 0.2) is 0 Å². The summed E-state index contributed by atoms with van der Waals surface area (Å²) in [6.45, 7) is 4.12. The van der Waals surface area contributed by atoms with Crippen molar-refractivity contribution in [3.63, 3.8) is 0 Å². The SMILES string of the molecule is CN(C(=O)CCC1CCCCN1)C(C)(C)C(=O)O. The smallest absolute Gasteiger partial charge is 0.329 e. The van der Waals surface area contributed by atoms with Gasteiger partial charge in [-0.1, -0.05) is 6.42 Å². The lowest BCUT2D eigenvalue weighted by molar-refractivity contribution is -0.155. The van der Waals surface area contributed by atoms with E-state index >= 15 is 0 Å². The van der Waals surface area contributed by atoms with Crippen molar-refractivity contribution in [3.8, 4) is 0 Å². The van der Waals surface area contributed by atoms with Crippen LogP contribution in [0.25, 0.3) is 0 Å². The second-order valence-electron chi connectivity index (χ2n) is 5.50. The lowest BCUT2D eigenvalue weighted by atomic mass is 9.99. The molecule has 1 saturated heterocycles. The molecule has 0 aromatic carbocycles. The molecule has 0 saturated carbocycles. The van der Waals surface area contributed by atoms with Crippen LogP contribution in [0.4, 0.5) is 0 Å². The van der Waals surface area contributed by atoms with Gasteiger partial charge in [-0.05, 0) is 39.7 Å². The van der Waals surface area contributed by atoms with Gasteiger partial charge in [-0.2, -0.15) is 0 Å². The van der Waals surface area contributed by atoms with Gasteiger partial charge in [-0.3, -0.25) is 4.79 Å². The molecule has 104 valence electrons. The van der Waals surface area contributed by atoms with Gasteiger partial charge >= 0.3 is 5.97 Å². The normalized spacial score (nSPS) is 20.5. The summed E-state index contributed by atoms with van der Waals surface area (Å²) in [4.78, 5) is 24.4. The van der Waals surface area contributed by atoms with Crippen LogP contribution < -0.4 is 5.32 Å². The van der Waals surface area contributed by atoms with Crippen LogP contribution in [0.3, 0.4) is 0 Å². The zero-order chi connectivity index (χ0) is 13.8. The quantitative estimate of drug-likeness (QED) is 0.776. The molecule has 0 spiro atoms. The van der Waals surface area contributed by atoms with Crippen molar-refractivity contribution in [3.05, 3.63) is 0 Å². The largest absolute Gasteiger partial charge is 0.480 e. The maximum atomic E-state index is 12.0. The number of piperidine rings is 1. The molecular weight excluding hydrogens is 232 g/mol. The van der Waals surface area contributed by atoms with E-state index in [0.717, 1.165) is 19.4 Å². The average molecular weight is 256 g/mol. The Morgan fingerprint density at radius 2 is 2.06 bits per heavy atom. The highest BCUT2D eigenvalue weighted by Gasteiger charge is 2.34. The Labute approximate surface area is 109 Å².